The number of carboxylic acids is 1. The molecule has 1 N–H and O–H groups in total. The number of hydrogen-bond acceptors (Lipinski definition) is 5. The lowest BCUT2D eigenvalue weighted by Gasteiger charge is -2.31. The van der Waals surface area contributed by atoms with Crippen LogP contribution in [-0.2, 0) is 11.3 Å². The van der Waals surface area contributed by atoms with E-state index in [-0.39, 0.29) is 12.3 Å². The molecule has 186 valence electrons. The number of oxazole rings is 1. The summed E-state index contributed by atoms with van der Waals surface area (Å²) in [4.78, 5) is 18.4. The molecule has 1 aliphatic rings. The Kier molecular flexibility index (Phi) is 6.36. The molecule has 0 saturated carbocycles. The van der Waals surface area contributed by atoms with Crippen molar-refractivity contribution in [3.05, 3.63) is 71.8 Å². The van der Waals surface area contributed by atoms with Crippen molar-refractivity contribution in [2.24, 2.45) is 0 Å². The predicted octanol–water partition coefficient (Wildman–Crippen LogP) is 4.81. The molecule has 6 nitrogen and oxygen atoms in total. The van der Waals surface area contributed by atoms with Gasteiger partial charge in [-0.15, -0.1) is 0 Å². The molecule has 0 aliphatic carbocycles. The fourth-order valence-corrected chi connectivity index (χ4v) is 5.70. The highest BCUT2D eigenvalue weighted by atomic mass is 28.1. The minimum absolute atomic E-state index is 0.0312. The summed E-state index contributed by atoms with van der Waals surface area (Å²) in [5.41, 5.74) is 5.18. The molecule has 0 unspecified atom stereocenters. The average molecular weight is 509 g/mol. The maximum Gasteiger partial charge on any atom is 0.387 e. The third kappa shape index (κ3) is 4.40. The van der Waals surface area contributed by atoms with E-state index in [0.29, 0.717) is 45.8 Å². The van der Waals surface area contributed by atoms with E-state index in [0.717, 1.165) is 28.7 Å². The second kappa shape index (κ2) is 9.48. The van der Waals surface area contributed by atoms with Crippen molar-refractivity contribution in [2.45, 2.75) is 38.1 Å². The summed E-state index contributed by atoms with van der Waals surface area (Å²) < 4.78 is 37.3. The van der Waals surface area contributed by atoms with Crippen molar-refractivity contribution in [3.63, 3.8) is 0 Å². The number of halogens is 2. The number of aliphatic carboxylic acids is 1. The maximum atomic E-state index is 13.3. The lowest BCUT2D eigenvalue weighted by Crippen LogP contribution is -2.50. The smallest absolute Gasteiger partial charge is 0.387 e. The van der Waals surface area contributed by atoms with Gasteiger partial charge in [-0.2, -0.15) is 8.78 Å². The van der Waals surface area contributed by atoms with Crippen molar-refractivity contribution < 1.29 is 27.8 Å². The Hall–Kier alpha value is -3.56. The van der Waals surface area contributed by atoms with Crippen LogP contribution in [0.2, 0.25) is 0 Å². The zero-order chi connectivity index (χ0) is 25.4. The molecule has 0 radical (unpaired) electrons. The van der Waals surface area contributed by atoms with Gasteiger partial charge >= 0.3 is 12.6 Å². The van der Waals surface area contributed by atoms with Crippen LogP contribution in [0.5, 0.6) is 5.75 Å². The first-order valence-corrected chi connectivity index (χ1v) is 12.8. The summed E-state index contributed by atoms with van der Waals surface area (Å²) in [6.07, 6.45) is 1.29. The highest BCUT2D eigenvalue weighted by molar-refractivity contribution is 6.27. The number of nitrogens with zero attached hydrogens (tertiary/aromatic N) is 2. The summed E-state index contributed by atoms with van der Waals surface area (Å²) in [5, 5.41) is 8.85. The van der Waals surface area contributed by atoms with E-state index in [1.165, 1.54) is 6.07 Å². The molecule has 1 aliphatic heterocycles. The molecule has 0 bridgehead atoms. The number of carbonyl (C=O) groups is 1. The largest absolute Gasteiger partial charge is 0.480 e. The van der Waals surface area contributed by atoms with E-state index in [2.05, 4.69) is 4.98 Å². The van der Waals surface area contributed by atoms with Gasteiger partial charge in [-0.3, -0.25) is 9.69 Å². The Morgan fingerprint density at radius 1 is 1.19 bits per heavy atom. The second-order valence-corrected chi connectivity index (χ2v) is 10.9. The van der Waals surface area contributed by atoms with Crippen LogP contribution in [-0.4, -0.2) is 49.5 Å². The van der Waals surface area contributed by atoms with E-state index in [1.807, 2.05) is 60.4 Å². The first-order chi connectivity index (χ1) is 17.3. The third-order valence-corrected chi connectivity index (χ3v) is 8.61. The number of fused-ring (bicyclic) bond motifs is 1. The Labute approximate surface area is 209 Å². The van der Waals surface area contributed by atoms with Gasteiger partial charge in [-0.1, -0.05) is 42.5 Å². The van der Waals surface area contributed by atoms with Crippen LogP contribution in [0.3, 0.4) is 0 Å². The lowest BCUT2D eigenvalue weighted by molar-refractivity contribution is -0.144. The second-order valence-electron chi connectivity index (χ2n) is 9.27. The molecule has 1 saturated heterocycles. The fraction of sp³-hybridized carbons (Fsp3) is 0.259. The van der Waals surface area contributed by atoms with Gasteiger partial charge in [-0.25, -0.2) is 4.98 Å². The van der Waals surface area contributed by atoms with Gasteiger partial charge < -0.3 is 14.3 Å². The summed E-state index contributed by atoms with van der Waals surface area (Å²) in [7, 11) is 0.418. The highest BCUT2D eigenvalue weighted by Crippen LogP contribution is 2.37. The number of hydrogen-bond donors (Lipinski definition) is 1. The molecule has 5 rings (SSSR count). The first-order valence-electron chi connectivity index (χ1n) is 11.8. The Bertz CT molecular complexity index is 1430. The minimum atomic E-state index is -3.02. The van der Waals surface area contributed by atoms with E-state index >= 15 is 0 Å². The van der Waals surface area contributed by atoms with E-state index < -0.39 is 17.7 Å². The standard InChI is InChI=1S/C27H26F2N2O4Si/c1-16-19(17-7-3-2-4-8-17)9-5-10-20(16)24-30-21-13-18(22(35-26(28)29)14-23(21)34-24)15-31-12-6-11-27(31,36)25(32)33/h2-5,7-10,13-14,26H,6,11-12,15H2,1,36H3,(H,32,33)/t27-/m1/s1. The molecule has 0 amide bonds. The Morgan fingerprint density at radius 3 is 2.67 bits per heavy atom. The van der Waals surface area contributed by atoms with Crippen molar-refractivity contribution in [1.82, 2.24) is 9.88 Å². The van der Waals surface area contributed by atoms with E-state index in [1.54, 1.807) is 6.07 Å². The van der Waals surface area contributed by atoms with Crippen LogP contribution in [0.15, 0.2) is 65.1 Å². The van der Waals surface area contributed by atoms with Crippen LogP contribution in [0.4, 0.5) is 8.78 Å². The number of ether oxygens (including phenoxy) is 1. The molecule has 4 aromatic rings. The van der Waals surface area contributed by atoms with Gasteiger partial charge in [-0.05, 0) is 55.1 Å². The van der Waals surface area contributed by atoms with Crippen LogP contribution in [0, 0.1) is 6.92 Å². The molecule has 2 heterocycles. The van der Waals surface area contributed by atoms with Gasteiger partial charge in [0.1, 0.15) is 11.3 Å². The highest BCUT2D eigenvalue weighted by Gasteiger charge is 2.43. The maximum absolute atomic E-state index is 13.3. The lowest BCUT2D eigenvalue weighted by atomic mass is 9.96. The number of alkyl halides is 2. The third-order valence-electron chi connectivity index (χ3n) is 7.05. The quantitative estimate of drug-likeness (QED) is 0.361. The van der Waals surface area contributed by atoms with Gasteiger partial charge in [0.2, 0.25) is 5.89 Å². The van der Waals surface area contributed by atoms with Crippen LogP contribution >= 0.6 is 0 Å². The minimum Gasteiger partial charge on any atom is -0.480 e. The van der Waals surface area contributed by atoms with Crippen molar-refractivity contribution in [3.8, 4) is 28.3 Å². The van der Waals surface area contributed by atoms with E-state index in [9.17, 15) is 18.7 Å². The van der Waals surface area contributed by atoms with E-state index in [4.69, 9.17) is 9.15 Å². The molecule has 1 fully saturated rings. The SMILES string of the molecule is Cc1c(-c2ccccc2)cccc1-c1nc2cc(CN3CCC[C@@]3([SiH3])C(=O)O)c(OC(F)F)cc2o1. The van der Waals surface area contributed by atoms with Gasteiger partial charge in [0, 0.05) is 34.0 Å². The predicted molar refractivity (Wildman–Crippen MR) is 136 cm³/mol. The monoisotopic (exact) mass is 508 g/mol. The molecule has 9 heteroatoms. The topological polar surface area (TPSA) is 75.8 Å². The first kappa shape index (κ1) is 24.1. The molecule has 1 aromatic heterocycles. The molecular formula is C27H26F2N2O4Si. The zero-order valence-corrected chi connectivity index (χ0v) is 22.0. The number of carboxylic acid groups (broad SMARTS) is 1. The van der Waals surface area contributed by atoms with Crippen molar-refractivity contribution >= 4 is 27.3 Å². The molecule has 3 aromatic carbocycles. The summed E-state index contributed by atoms with van der Waals surface area (Å²) >= 11 is 0. The Balaban J connectivity index is 1.56. The van der Waals surface area contributed by atoms with Crippen LogP contribution < -0.4 is 4.74 Å². The average Bonchev–Trinajstić information content (AvgIpc) is 3.43. The summed E-state index contributed by atoms with van der Waals surface area (Å²) in [5.74, 6) is -0.526. The van der Waals surface area contributed by atoms with Gasteiger partial charge in [0.05, 0.1) is 5.16 Å². The van der Waals surface area contributed by atoms with Crippen LogP contribution in [0.25, 0.3) is 33.7 Å². The van der Waals surface area contributed by atoms with Gasteiger partial charge in [0.15, 0.2) is 5.58 Å². The fourth-order valence-electron chi connectivity index (χ4n) is 4.96. The molecule has 0 spiro atoms. The zero-order valence-electron chi connectivity index (χ0n) is 20.0. The molecule has 1 atom stereocenters. The number of likely N-dealkylation sites (tertiary alicyclic amines) is 1. The van der Waals surface area contributed by atoms with Gasteiger partial charge in [0.25, 0.3) is 0 Å². The number of benzene rings is 3. The number of aromatic nitrogens is 1. The summed E-state index contributed by atoms with van der Waals surface area (Å²) in [6, 6.07) is 18.9. The van der Waals surface area contributed by atoms with Crippen LogP contribution in [0.1, 0.15) is 24.0 Å². The molecule has 36 heavy (non-hydrogen) atoms. The normalized spacial score (nSPS) is 18.3. The Morgan fingerprint density at radius 2 is 1.94 bits per heavy atom. The number of rotatable bonds is 7. The molecular weight excluding hydrogens is 482 g/mol. The van der Waals surface area contributed by atoms with Crippen molar-refractivity contribution in [1.29, 1.82) is 0 Å². The van der Waals surface area contributed by atoms with Crippen molar-refractivity contribution in [2.75, 3.05) is 6.54 Å². The summed E-state index contributed by atoms with van der Waals surface area (Å²) in [6.45, 7) is -0.268.